The number of hydrogen-bond donors (Lipinski definition) is 0. The molecule has 0 amide bonds. The fourth-order valence-electron chi connectivity index (χ4n) is 2.08. The van der Waals surface area contributed by atoms with Gasteiger partial charge in [0.2, 0.25) is 0 Å². The Morgan fingerprint density at radius 2 is 1.94 bits per heavy atom. The van der Waals surface area contributed by atoms with E-state index in [0.717, 1.165) is 12.2 Å². The molecule has 0 saturated heterocycles. The highest BCUT2D eigenvalue weighted by Gasteiger charge is 2.12. The van der Waals surface area contributed by atoms with E-state index in [-0.39, 0.29) is 5.92 Å². The minimum absolute atomic E-state index is 0.282. The summed E-state index contributed by atoms with van der Waals surface area (Å²) in [5.74, 6) is 4.08. The molecule has 0 spiro atoms. The van der Waals surface area contributed by atoms with Gasteiger partial charge in [-0.1, -0.05) is 6.92 Å². The smallest absolute Gasteiger partial charge is 0.122 e. The van der Waals surface area contributed by atoms with Gasteiger partial charge < -0.3 is 4.74 Å². The van der Waals surface area contributed by atoms with Gasteiger partial charge in [0, 0.05) is 5.92 Å². The topological polar surface area (TPSA) is 9.23 Å². The van der Waals surface area contributed by atoms with Gasteiger partial charge in [0.15, 0.2) is 0 Å². The van der Waals surface area contributed by atoms with Gasteiger partial charge in [-0.15, -0.1) is 12.3 Å². The second-order valence-electron chi connectivity index (χ2n) is 4.63. The molecule has 1 rings (SSSR count). The molecule has 1 aromatic carbocycles. The van der Waals surface area contributed by atoms with Crippen molar-refractivity contribution in [2.45, 2.75) is 41.0 Å². The number of hydrogen-bond acceptors (Lipinski definition) is 1. The van der Waals surface area contributed by atoms with Crippen LogP contribution in [0.4, 0.5) is 0 Å². The van der Waals surface area contributed by atoms with E-state index in [4.69, 9.17) is 11.2 Å². The molecule has 0 bridgehead atoms. The summed E-state index contributed by atoms with van der Waals surface area (Å²) in [4.78, 5) is 0. The monoisotopic (exact) mass is 230 g/mol. The van der Waals surface area contributed by atoms with Gasteiger partial charge >= 0.3 is 0 Å². The van der Waals surface area contributed by atoms with Crippen LogP contribution in [0.5, 0.6) is 5.75 Å². The summed E-state index contributed by atoms with van der Waals surface area (Å²) in [6.07, 6.45) is 6.41. The maximum atomic E-state index is 5.64. The van der Waals surface area contributed by atoms with Crippen molar-refractivity contribution in [3.05, 3.63) is 28.3 Å². The van der Waals surface area contributed by atoms with Gasteiger partial charge in [0.05, 0.1) is 6.61 Å². The molecule has 17 heavy (non-hydrogen) atoms. The molecule has 1 nitrogen and oxygen atoms in total. The molecule has 0 heterocycles. The summed E-state index contributed by atoms with van der Waals surface area (Å²) in [5, 5.41) is 0. The number of ether oxygens (including phenoxy) is 1. The van der Waals surface area contributed by atoms with Crippen LogP contribution in [-0.4, -0.2) is 6.61 Å². The normalized spacial score (nSPS) is 12.0. The molecule has 1 unspecified atom stereocenters. The largest absolute Gasteiger partial charge is 0.494 e. The van der Waals surface area contributed by atoms with Crippen LogP contribution in [0.2, 0.25) is 0 Å². The minimum Gasteiger partial charge on any atom is -0.494 e. The van der Waals surface area contributed by atoms with Crippen LogP contribution in [0, 0.1) is 39.0 Å². The van der Waals surface area contributed by atoms with E-state index >= 15 is 0 Å². The molecule has 1 heteroatoms. The Hall–Kier alpha value is -1.42. The number of rotatable bonds is 4. The molecule has 0 aliphatic carbocycles. The minimum atomic E-state index is 0.282. The fourth-order valence-corrected chi connectivity index (χ4v) is 2.08. The number of aryl methyl sites for hydroxylation is 1. The second kappa shape index (κ2) is 5.77. The van der Waals surface area contributed by atoms with E-state index in [9.17, 15) is 0 Å². The van der Waals surface area contributed by atoms with E-state index in [0.29, 0.717) is 6.61 Å². The lowest BCUT2D eigenvalue weighted by molar-refractivity contribution is 0.337. The highest BCUT2D eigenvalue weighted by Crippen LogP contribution is 2.29. The van der Waals surface area contributed by atoms with Gasteiger partial charge in [0.1, 0.15) is 5.75 Å². The summed E-state index contributed by atoms with van der Waals surface area (Å²) in [6, 6.07) is 2.13. The lowest BCUT2D eigenvalue weighted by Crippen LogP contribution is -2.05. The molecule has 0 aromatic heterocycles. The Morgan fingerprint density at radius 3 is 2.47 bits per heavy atom. The van der Waals surface area contributed by atoms with Crippen LogP contribution in [-0.2, 0) is 6.42 Å². The average molecular weight is 230 g/mol. The van der Waals surface area contributed by atoms with Crippen LogP contribution >= 0.6 is 0 Å². The first-order valence-electron chi connectivity index (χ1n) is 6.19. The third kappa shape index (κ3) is 3.03. The van der Waals surface area contributed by atoms with Crippen molar-refractivity contribution in [3.8, 4) is 18.1 Å². The molecule has 0 fully saturated rings. The van der Waals surface area contributed by atoms with Crippen molar-refractivity contribution < 1.29 is 4.74 Å². The van der Waals surface area contributed by atoms with Crippen LogP contribution in [0.15, 0.2) is 6.07 Å². The number of terminal acetylenes is 1. The Labute approximate surface area is 105 Å². The van der Waals surface area contributed by atoms with Gasteiger partial charge in [-0.05, 0) is 62.4 Å². The fraction of sp³-hybridized carbons (Fsp3) is 0.500. The maximum Gasteiger partial charge on any atom is 0.122 e. The van der Waals surface area contributed by atoms with Crippen molar-refractivity contribution in [3.63, 3.8) is 0 Å². The van der Waals surface area contributed by atoms with E-state index in [1.807, 2.05) is 6.92 Å². The predicted octanol–water partition coefficient (Wildman–Crippen LogP) is 3.82. The lowest BCUT2D eigenvalue weighted by Gasteiger charge is -2.17. The van der Waals surface area contributed by atoms with Gasteiger partial charge in [0.25, 0.3) is 0 Å². The Kier molecular flexibility index (Phi) is 4.63. The van der Waals surface area contributed by atoms with Gasteiger partial charge in [-0.2, -0.15) is 0 Å². The highest BCUT2D eigenvalue weighted by atomic mass is 16.5. The first-order chi connectivity index (χ1) is 8.01. The zero-order chi connectivity index (χ0) is 13.0. The summed E-state index contributed by atoms with van der Waals surface area (Å²) in [7, 11) is 0. The zero-order valence-corrected chi connectivity index (χ0v) is 11.6. The molecule has 0 radical (unpaired) electrons. The predicted molar refractivity (Wildman–Crippen MR) is 73.5 cm³/mol. The van der Waals surface area contributed by atoms with Crippen molar-refractivity contribution in [2.75, 3.05) is 6.61 Å². The standard InChI is InChI=1S/C16H22O/c1-7-11(3)9-15-12(4)10-16(17-8-2)14(6)13(15)5/h1,10-11H,8-9H2,2-6H3. The average Bonchev–Trinajstić information content (AvgIpc) is 2.31. The molecule has 1 atom stereocenters. The summed E-state index contributed by atoms with van der Waals surface area (Å²) >= 11 is 0. The first kappa shape index (κ1) is 13.6. The molecular formula is C16H22O. The van der Waals surface area contributed by atoms with Gasteiger partial charge in [-0.25, -0.2) is 0 Å². The van der Waals surface area contributed by atoms with E-state index in [1.165, 1.54) is 22.3 Å². The van der Waals surface area contributed by atoms with Crippen LogP contribution in [0.3, 0.4) is 0 Å². The molecule has 0 aliphatic heterocycles. The number of benzene rings is 1. The Morgan fingerprint density at radius 1 is 1.29 bits per heavy atom. The van der Waals surface area contributed by atoms with Crippen molar-refractivity contribution in [1.82, 2.24) is 0 Å². The summed E-state index contributed by atoms with van der Waals surface area (Å²) in [5.41, 5.74) is 5.20. The van der Waals surface area contributed by atoms with E-state index in [1.54, 1.807) is 0 Å². The summed E-state index contributed by atoms with van der Waals surface area (Å²) < 4.78 is 5.64. The molecule has 0 N–H and O–H groups in total. The van der Waals surface area contributed by atoms with E-state index in [2.05, 4.69) is 39.7 Å². The second-order valence-corrected chi connectivity index (χ2v) is 4.63. The van der Waals surface area contributed by atoms with Gasteiger partial charge in [-0.3, -0.25) is 0 Å². The van der Waals surface area contributed by atoms with Crippen molar-refractivity contribution >= 4 is 0 Å². The van der Waals surface area contributed by atoms with Crippen LogP contribution in [0.1, 0.15) is 36.1 Å². The van der Waals surface area contributed by atoms with Crippen molar-refractivity contribution in [1.29, 1.82) is 0 Å². The Balaban J connectivity index is 3.17. The van der Waals surface area contributed by atoms with Crippen molar-refractivity contribution in [2.24, 2.45) is 5.92 Å². The Bertz CT molecular complexity index is 438. The van der Waals surface area contributed by atoms with Crippen LogP contribution < -0.4 is 4.74 Å². The first-order valence-corrected chi connectivity index (χ1v) is 6.19. The van der Waals surface area contributed by atoms with E-state index < -0.39 is 0 Å². The lowest BCUT2D eigenvalue weighted by atomic mass is 9.91. The third-order valence-corrected chi connectivity index (χ3v) is 3.30. The zero-order valence-electron chi connectivity index (χ0n) is 11.6. The molecule has 0 saturated carbocycles. The highest BCUT2D eigenvalue weighted by molar-refractivity contribution is 5.48. The molecule has 92 valence electrons. The summed E-state index contributed by atoms with van der Waals surface area (Å²) in [6.45, 7) is 11.2. The SMILES string of the molecule is C#CC(C)Cc1c(C)cc(OCC)c(C)c1C. The third-order valence-electron chi connectivity index (χ3n) is 3.30. The molecular weight excluding hydrogens is 208 g/mol. The molecule has 0 aliphatic rings. The quantitative estimate of drug-likeness (QED) is 0.714. The van der Waals surface area contributed by atoms with Crippen LogP contribution in [0.25, 0.3) is 0 Å². The maximum absolute atomic E-state index is 5.64. The molecule has 1 aromatic rings.